The minimum atomic E-state index is -1.04. The van der Waals surface area contributed by atoms with Gasteiger partial charge in [-0.2, -0.15) is 0 Å². The second-order valence-corrected chi connectivity index (χ2v) is 4.27. The molecule has 0 saturated carbocycles. The molecule has 0 aromatic heterocycles. The average Bonchev–Trinajstić information content (AvgIpc) is 2.23. The Bertz CT molecular complexity index is 256. The third-order valence-corrected chi connectivity index (χ3v) is 2.34. The second-order valence-electron chi connectivity index (χ2n) is 4.27. The molecule has 3 N–H and O–H groups in total. The van der Waals surface area contributed by atoms with Gasteiger partial charge >= 0.3 is 12.0 Å². The summed E-state index contributed by atoms with van der Waals surface area (Å²) in [4.78, 5) is 24.0. The lowest BCUT2D eigenvalue weighted by Crippen LogP contribution is -2.49. The first-order valence-electron chi connectivity index (χ1n) is 5.81. The van der Waals surface area contributed by atoms with Crippen LogP contribution in [0.25, 0.3) is 0 Å². The van der Waals surface area contributed by atoms with Crippen LogP contribution < -0.4 is 5.32 Å². The first kappa shape index (κ1) is 15.7. The Morgan fingerprint density at radius 1 is 1.35 bits per heavy atom. The number of aliphatic hydroxyl groups is 1. The monoisotopic (exact) mass is 246 g/mol. The van der Waals surface area contributed by atoms with Crippen molar-refractivity contribution in [1.82, 2.24) is 10.2 Å². The number of hydrogen-bond donors (Lipinski definition) is 3. The molecule has 0 spiro atoms. The highest BCUT2D eigenvalue weighted by Crippen LogP contribution is 2.05. The van der Waals surface area contributed by atoms with Crippen molar-refractivity contribution in [1.29, 1.82) is 0 Å². The zero-order chi connectivity index (χ0) is 13.4. The van der Waals surface area contributed by atoms with Gasteiger partial charge in [-0.25, -0.2) is 9.59 Å². The van der Waals surface area contributed by atoms with Gasteiger partial charge < -0.3 is 20.4 Å². The van der Waals surface area contributed by atoms with Crippen LogP contribution in [0, 0.1) is 5.92 Å². The molecule has 0 bridgehead atoms. The minimum absolute atomic E-state index is 0.136. The molecular formula is C11H22N2O4. The molecule has 0 radical (unpaired) electrons. The van der Waals surface area contributed by atoms with Gasteiger partial charge in [-0.3, -0.25) is 0 Å². The summed E-state index contributed by atoms with van der Waals surface area (Å²) in [5.74, 6) is -0.851. The van der Waals surface area contributed by atoms with Crippen molar-refractivity contribution in [3.05, 3.63) is 0 Å². The lowest BCUT2D eigenvalue weighted by Gasteiger charge is -2.23. The summed E-state index contributed by atoms with van der Waals surface area (Å²) < 4.78 is 0. The third-order valence-electron chi connectivity index (χ3n) is 2.34. The lowest BCUT2D eigenvalue weighted by molar-refractivity contribution is -0.139. The number of urea groups is 1. The Morgan fingerprint density at radius 2 is 1.94 bits per heavy atom. The predicted molar refractivity (Wildman–Crippen MR) is 63.7 cm³/mol. The Labute approximate surface area is 102 Å². The van der Waals surface area contributed by atoms with Gasteiger partial charge in [-0.1, -0.05) is 13.8 Å². The van der Waals surface area contributed by atoms with E-state index >= 15 is 0 Å². The summed E-state index contributed by atoms with van der Waals surface area (Å²) in [5.41, 5.74) is 0. The normalized spacial score (nSPS) is 12.3. The smallest absolute Gasteiger partial charge is 0.326 e. The molecule has 0 aliphatic heterocycles. The number of carboxylic acid groups (broad SMARTS) is 1. The van der Waals surface area contributed by atoms with Gasteiger partial charge in [-0.15, -0.1) is 0 Å². The lowest BCUT2D eigenvalue weighted by atomic mass is 10.0. The van der Waals surface area contributed by atoms with E-state index in [1.165, 1.54) is 4.90 Å². The van der Waals surface area contributed by atoms with Crippen molar-refractivity contribution < 1.29 is 19.8 Å². The zero-order valence-electron chi connectivity index (χ0n) is 10.6. The van der Waals surface area contributed by atoms with Crippen LogP contribution in [0.5, 0.6) is 0 Å². The summed E-state index contributed by atoms with van der Waals surface area (Å²) in [6, 6.07) is -1.33. The van der Waals surface area contributed by atoms with E-state index in [0.29, 0.717) is 13.0 Å². The first-order chi connectivity index (χ1) is 7.92. The van der Waals surface area contributed by atoms with Crippen molar-refractivity contribution in [2.75, 3.05) is 19.7 Å². The topological polar surface area (TPSA) is 89.9 Å². The highest BCUT2D eigenvalue weighted by molar-refractivity contribution is 5.82. The molecule has 2 amide bonds. The van der Waals surface area contributed by atoms with Crippen LogP contribution in [-0.2, 0) is 4.79 Å². The molecule has 17 heavy (non-hydrogen) atoms. The number of carbonyl (C=O) groups is 2. The van der Waals surface area contributed by atoms with Crippen LogP contribution in [0.3, 0.4) is 0 Å². The molecule has 6 nitrogen and oxygen atoms in total. The summed E-state index contributed by atoms with van der Waals surface area (Å²) in [7, 11) is 0. The van der Waals surface area contributed by atoms with Crippen LogP contribution in [0.1, 0.15) is 27.2 Å². The summed E-state index contributed by atoms with van der Waals surface area (Å²) in [5, 5.41) is 20.2. The van der Waals surface area contributed by atoms with E-state index in [2.05, 4.69) is 5.32 Å². The number of rotatable bonds is 7. The SMILES string of the molecule is CCN(CCO)C(=O)N[C@@H](CC(C)C)C(=O)O. The molecule has 0 saturated heterocycles. The molecule has 0 aromatic rings. The summed E-state index contributed by atoms with van der Waals surface area (Å²) in [6.45, 7) is 6.06. The highest BCUT2D eigenvalue weighted by Gasteiger charge is 2.23. The van der Waals surface area contributed by atoms with Crippen molar-refractivity contribution in [2.45, 2.75) is 33.2 Å². The molecular weight excluding hydrogens is 224 g/mol. The van der Waals surface area contributed by atoms with Gasteiger partial charge in [0, 0.05) is 13.1 Å². The molecule has 1 atom stereocenters. The van der Waals surface area contributed by atoms with Crippen molar-refractivity contribution in [2.24, 2.45) is 5.92 Å². The van der Waals surface area contributed by atoms with E-state index in [1.54, 1.807) is 6.92 Å². The molecule has 6 heteroatoms. The minimum Gasteiger partial charge on any atom is -0.480 e. The van der Waals surface area contributed by atoms with Gasteiger partial charge in [-0.05, 0) is 19.3 Å². The van der Waals surface area contributed by atoms with E-state index in [-0.39, 0.29) is 19.1 Å². The van der Waals surface area contributed by atoms with E-state index in [4.69, 9.17) is 10.2 Å². The fourth-order valence-corrected chi connectivity index (χ4v) is 1.46. The number of nitrogens with one attached hydrogen (secondary N) is 1. The van der Waals surface area contributed by atoms with Gasteiger partial charge in [0.05, 0.1) is 6.61 Å². The molecule has 0 fully saturated rings. The van der Waals surface area contributed by atoms with E-state index < -0.39 is 18.0 Å². The molecule has 0 heterocycles. The number of carbonyl (C=O) groups excluding carboxylic acids is 1. The fourth-order valence-electron chi connectivity index (χ4n) is 1.46. The van der Waals surface area contributed by atoms with Crippen molar-refractivity contribution in [3.8, 4) is 0 Å². The predicted octanol–water partition coefficient (Wildman–Crippen LogP) is 0.509. The Kier molecular flexibility index (Phi) is 7.29. The molecule has 0 aliphatic carbocycles. The molecule has 100 valence electrons. The van der Waals surface area contributed by atoms with Crippen molar-refractivity contribution in [3.63, 3.8) is 0 Å². The maximum Gasteiger partial charge on any atom is 0.326 e. The van der Waals surface area contributed by atoms with Crippen LogP contribution >= 0.6 is 0 Å². The number of likely N-dealkylation sites (N-methyl/N-ethyl adjacent to an activating group) is 1. The standard InChI is InChI=1S/C11H22N2O4/c1-4-13(5-6-14)11(17)12-9(10(15)16)7-8(2)3/h8-9,14H,4-7H2,1-3H3,(H,12,17)(H,15,16)/t9-/m0/s1. The Balaban J connectivity index is 4.42. The van der Waals surface area contributed by atoms with Crippen molar-refractivity contribution >= 4 is 12.0 Å². The summed E-state index contributed by atoms with van der Waals surface area (Å²) in [6.07, 6.45) is 0.387. The average molecular weight is 246 g/mol. The molecule has 0 aromatic carbocycles. The maximum absolute atomic E-state index is 11.7. The largest absolute Gasteiger partial charge is 0.480 e. The number of aliphatic hydroxyl groups excluding tert-OH is 1. The molecule has 0 unspecified atom stereocenters. The maximum atomic E-state index is 11.7. The first-order valence-corrected chi connectivity index (χ1v) is 5.81. The van der Waals surface area contributed by atoms with Gasteiger partial charge in [0.25, 0.3) is 0 Å². The molecule has 0 aliphatic rings. The van der Waals surface area contributed by atoms with Crippen LogP contribution in [0.15, 0.2) is 0 Å². The van der Waals surface area contributed by atoms with Gasteiger partial charge in [0.1, 0.15) is 6.04 Å². The second kappa shape index (κ2) is 7.89. The Hall–Kier alpha value is -1.30. The zero-order valence-corrected chi connectivity index (χ0v) is 10.6. The fraction of sp³-hybridized carbons (Fsp3) is 0.818. The number of aliphatic carboxylic acids is 1. The van der Waals surface area contributed by atoms with E-state index in [1.807, 2.05) is 13.8 Å². The number of carboxylic acids is 1. The summed E-state index contributed by atoms with van der Waals surface area (Å²) >= 11 is 0. The number of hydrogen-bond acceptors (Lipinski definition) is 3. The molecule has 0 rings (SSSR count). The third kappa shape index (κ3) is 6.11. The Morgan fingerprint density at radius 3 is 2.29 bits per heavy atom. The van der Waals surface area contributed by atoms with E-state index in [9.17, 15) is 9.59 Å². The quantitative estimate of drug-likeness (QED) is 0.610. The van der Waals surface area contributed by atoms with Crippen LogP contribution in [-0.4, -0.2) is 52.9 Å². The number of amides is 2. The van der Waals surface area contributed by atoms with Crippen LogP contribution in [0.4, 0.5) is 4.79 Å². The van der Waals surface area contributed by atoms with Gasteiger partial charge in [0.15, 0.2) is 0 Å². The van der Waals surface area contributed by atoms with E-state index in [0.717, 1.165) is 0 Å². The van der Waals surface area contributed by atoms with Gasteiger partial charge in [0.2, 0.25) is 0 Å². The van der Waals surface area contributed by atoms with Crippen LogP contribution in [0.2, 0.25) is 0 Å². The highest BCUT2D eigenvalue weighted by atomic mass is 16.4. The number of nitrogens with zero attached hydrogens (tertiary/aromatic N) is 1.